The Hall–Kier alpha value is -2.76. The van der Waals surface area contributed by atoms with Crippen LogP contribution < -0.4 is 10.6 Å². The van der Waals surface area contributed by atoms with Crippen LogP contribution in [0.1, 0.15) is 17.5 Å². The molecular formula is C17H16F2N2O2. The predicted octanol–water partition coefficient (Wildman–Crippen LogP) is 3.55. The number of halogens is 2. The van der Waals surface area contributed by atoms with E-state index in [1.165, 1.54) is 6.07 Å². The van der Waals surface area contributed by atoms with E-state index in [1.54, 1.807) is 12.1 Å². The number of carbonyl (C=O) groups excluding carboxylic acids is 2. The second kappa shape index (κ2) is 7.00. The molecule has 0 bridgehead atoms. The Balaban J connectivity index is 1.95. The summed E-state index contributed by atoms with van der Waals surface area (Å²) in [5.74, 6) is -3.17. The van der Waals surface area contributed by atoms with Gasteiger partial charge in [-0.3, -0.25) is 9.59 Å². The third-order valence-electron chi connectivity index (χ3n) is 3.40. The number of hydrogen-bond acceptors (Lipinski definition) is 2. The van der Waals surface area contributed by atoms with Crippen molar-refractivity contribution < 1.29 is 18.4 Å². The molecule has 0 aliphatic rings. The van der Waals surface area contributed by atoms with Crippen molar-refractivity contribution >= 4 is 23.2 Å². The fourth-order valence-corrected chi connectivity index (χ4v) is 2.01. The maximum atomic E-state index is 13.1. The molecule has 0 unspecified atom stereocenters. The van der Waals surface area contributed by atoms with Gasteiger partial charge in [0.05, 0.1) is 0 Å². The highest BCUT2D eigenvalue weighted by atomic mass is 19.2. The molecule has 2 aromatic rings. The summed E-state index contributed by atoms with van der Waals surface area (Å²) in [5, 5.41) is 5.00. The zero-order valence-corrected chi connectivity index (χ0v) is 12.7. The van der Waals surface area contributed by atoms with Crippen LogP contribution in [0.4, 0.5) is 20.2 Å². The number of anilines is 2. The van der Waals surface area contributed by atoms with Crippen molar-refractivity contribution in [2.24, 2.45) is 0 Å². The Morgan fingerprint density at radius 2 is 1.65 bits per heavy atom. The number of aryl methyl sites for hydroxylation is 1. The highest BCUT2D eigenvalue weighted by Crippen LogP contribution is 2.18. The Morgan fingerprint density at radius 1 is 0.957 bits per heavy atom. The first-order chi connectivity index (χ1) is 10.9. The molecule has 0 radical (unpaired) electrons. The lowest BCUT2D eigenvalue weighted by Crippen LogP contribution is -2.22. The number of rotatable bonds is 4. The van der Waals surface area contributed by atoms with E-state index in [4.69, 9.17) is 0 Å². The number of nitrogens with one attached hydrogen (secondary N) is 2. The van der Waals surface area contributed by atoms with Crippen molar-refractivity contribution in [3.63, 3.8) is 0 Å². The van der Waals surface area contributed by atoms with E-state index >= 15 is 0 Å². The lowest BCUT2D eigenvalue weighted by atomic mass is 10.1. The van der Waals surface area contributed by atoms with E-state index in [2.05, 4.69) is 10.6 Å². The first kappa shape index (κ1) is 16.6. The van der Waals surface area contributed by atoms with Gasteiger partial charge in [0, 0.05) is 17.4 Å². The van der Waals surface area contributed by atoms with Crippen LogP contribution in [0.3, 0.4) is 0 Å². The van der Waals surface area contributed by atoms with Gasteiger partial charge >= 0.3 is 0 Å². The van der Waals surface area contributed by atoms with Crippen molar-refractivity contribution in [3.8, 4) is 0 Å². The van der Waals surface area contributed by atoms with Gasteiger partial charge in [0.1, 0.15) is 6.42 Å². The summed E-state index contributed by atoms with van der Waals surface area (Å²) >= 11 is 0. The fourth-order valence-electron chi connectivity index (χ4n) is 2.01. The molecule has 2 rings (SSSR count). The van der Waals surface area contributed by atoms with Crippen LogP contribution in [0.25, 0.3) is 0 Å². The van der Waals surface area contributed by atoms with E-state index in [9.17, 15) is 18.4 Å². The minimum Gasteiger partial charge on any atom is -0.326 e. The summed E-state index contributed by atoms with van der Waals surface area (Å²) in [6, 6.07) is 8.45. The maximum Gasteiger partial charge on any atom is 0.233 e. The van der Waals surface area contributed by atoms with Gasteiger partial charge in [-0.15, -0.1) is 0 Å². The summed E-state index contributed by atoms with van der Waals surface area (Å²) < 4.78 is 25.9. The molecule has 0 aliphatic carbocycles. The molecule has 0 aromatic heterocycles. The van der Waals surface area contributed by atoms with Gasteiger partial charge in [-0.05, 0) is 43.2 Å². The van der Waals surface area contributed by atoms with Crippen LogP contribution in [0.2, 0.25) is 0 Å². The molecule has 0 atom stereocenters. The molecule has 6 heteroatoms. The minimum atomic E-state index is -1.07. The topological polar surface area (TPSA) is 58.2 Å². The molecule has 0 heterocycles. The van der Waals surface area contributed by atoms with Gasteiger partial charge in [-0.1, -0.05) is 12.1 Å². The second-order valence-corrected chi connectivity index (χ2v) is 5.15. The number of carbonyl (C=O) groups is 2. The Bertz CT molecular complexity index is 760. The smallest absolute Gasteiger partial charge is 0.233 e. The van der Waals surface area contributed by atoms with Crippen LogP contribution in [-0.2, 0) is 9.59 Å². The lowest BCUT2D eigenvalue weighted by molar-refractivity contribution is -0.123. The minimum absolute atomic E-state index is 0.0911. The molecule has 0 fully saturated rings. The van der Waals surface area contributed by atoms with Crippen molar-refractivity contribution in [3.05, 3.63) is 59.2 Å². The zero-order chi connectivity index (χ0) is 17.0. The number of hydrogen-bond donors (Lipinski definition) is 2. The Morgan fingerprint density at radius 3 is 2.35 bits per heavy atom. The average molecular weight is 318 g/mol. The first-order valence-corrected chi connectivity index (χ1v) is 6.98. The van der Waals surface area contributed by atoms with Crippen LogP contribution >= 0.6 is 0 Å². The molecule has 0 aliphatic heterocycles. The highest BCUT2D eigenvalue weighted by Gasteiger charge is 2.12. The molecule has 0 spiro atoms. The number of benzene rings is 2. The summed E-state index contributed by atoms with van der Waals surface area (Å²) in [4.78, 5) is 23.7. The Labute approximate surface area is 132 Å². The van der Waals surface area contributed by atoms with Gasteiger partial charge < -0.3 is 10.6 Å². The van der Waals surface area contributed by atoms with Gasteiger partial charge in [-0.25, -0.2) is 8.78 Å². The highest BCUT2D eigenvalue weighted by molar-refractivity contribution is 6.08. The van der Waals surface area contributed by atoms with Gasteiger partial charge in [-0.2, -0.15) is 0 Å². The van der Waals surface area contributed by atoms with Crippen molar-refractivity contribution in [2.75, 3.05) is 10.6 Å². The molecule has 2 amide bonds. The van der Waals surface area contributed by atoms with E-state index in [0.717, 1.165) is 23.3 Å². The molecule has 0 saturated carbocycles. The van der Waals surface area contributed by atoms with Crippen molar-refractivity contribution in [1.29, 1.82) is 0 Å². The normalized spacial score (nSPS) is 10.3. The first-order valence-electron chi connectivity index (χ1n) is 6.98. The lowest BCUT2D eigenvalue weighted by Gasteiger charge is -2.10. The second-order valence-electron chi connectivity index (χ2n) is 5.15. The fraction of sp³-hybridized carbons (Fsp3) is 0.176. The summed E-state index contributed by atoms with van der Waals surface area (Å²) in [5.41, 5.74) is 2.67. The van der Waals surface area contributed by atoms with E-state index < -0.39 is 29.9 Å². The summed E-state index contributed by atoms with van der Waals surface area (Å²) in [6.45, 7) is 3.78. The molecule has 23 heavy (non-hydrogen) atoms. The van der Waals surface area contributed by atoms with Gasteiger partial charge in [0.25, 0.3) is 0 Å². The molecule has 2 N–H and O–H groups in total. The number of amides is 2. The van der Waals surface area contributed by atoms with Crippen LogP contribution in [0.5, 0.6) is 0 Å². The largest absolute Gasteiger partial charge is 0.326 e. The standard InChI is InChI=1S/C17H16F2N2O2/c1-10-4-3-5-15(11(10)2)21-17(23)9-16(22)20-12-6-7-13(18)14(19)8-12/h3-8H,9H2,1-2H3,(H,20,22)(H,21,23). The third kappa shape index (κ3) is 4.35. The van der Waals surface area contributed by atoms with E-state index in [-0.39, 0.29) is 5.69 Å². The SMILES string of the molecule is Cc1cccc(NC(=O)CC(=O)Nc2ccc(F)c(F)c2)c1C. The molecule has 120 valence electrons. The van der Waals surface area contributed by atoms with E-state index in [1.807, 2.05) is 19.9 Å². The molecular weight excluding hydrogens is 302 g/mol. The molecule has 2 aromatic carbocycles. The van der Waals surface area contributed by atoms with Gasteiger partial charge in [0.2, 0.25) is 11.8 Å². The summed E-state index contributed by atoms with van der Waals surface area (Å²) in [7, 11) is 0. The monoisotopic (exact) mass is 318 g/mol. The zero-order valence-electron chi connectivity index (χ0n) is 12.7. The maximum absolute atomic E-state index is 13.1. The van der Waals surface area contributed by atoms with Crippen LogP contribution in [-0.4, -0.2) is 11.8 Å². The Kier molecular flexibility index (Phi) is 5.05. The van der Waals surface area contributed by atoms with Crippen molar-refractivity contribution in [2.45, 2.75) is 20.3 Å². The molecule has 4 nitrogen and oxygen atoms in total. The molecule has 0 saturated heterocycles. The summed E-state index contributed by atoms with van der Waals surface area (Å²) in [6.07, 6.45) is -0.424. The van der Waals surface area contributed by atoms with Crippen LogP contribution in [0.15, 0.2) is 36.4 Å². The van der Waals surface area contributed by atoms with Gasteiger partial charge in [0.15, 0.2) is 11.6 Å². The van der Waals surface area contributed by atoms with E-state index in [0.29, 0.717) is 5.69 Å². The predicted molar refractivity (Wildman–Crippen MR) is 84.2 cm³/mol. The average Bonchev–Trinajstić information content (AvgIpc) is 2.47. The quantitative estimate of drug-likeness (QED) is 0.847. The van der Waals surface area contributed by atoms with Crippen molar-refractivity contribution in [1.82, 2.24) is 0 Å². The third-order valence-corrected chi connectivity index (χ3v) is 3.40. The van der Waals surface area contributed by atoms with Crippen LogP contribution in [0, 0.1) is 25.5 Å².